The van der Waals surface area contributed by atoms with E-state index in [-0.39, 0.29) is 6.04 Å². The average molecular weight is 318 g/mol. The lowest BCUT2D eigenvalue weighted by molar-refractivity contribution is 0.0784. The normalized spacial score (nSPS) is 20.9. The monoisotopic (exact) mass is 318 g/mol. The predicted octanol–water partition coefficient (Wildman–Crippen LogP) is 1.23. The Morgan fingerprint density at radius 2 is 2.42 bits per heavy atom. The minimum atomic E-state index is -3.41. The third-order valence-corrected chi connectivity index (χ3v) is 7.01. The number of hydrogen-bond acceptors (Lipinski definition) is 6. The molecular formula is C11H14N2O3S3. The molecule has 1 unspecified atom stereocenters. The van der Waals surface area contributed by atoms with Crippen molar-refractivity contribution in [3.05, 3.63) is 17.5 Å². The highest BCUT2D eigenvalue weighted by atomic mass is 32.2. The second kappa shape index (κ2) is 5.47. The molecular weight excluding hydrogens is 304 g/mol. The summed E-state index contributed by atoms with van der Waals surface area (Å²) >= 11 is 2.88. The van der Waals surface area contributed by atoms with Gasteiger partial charge in [-0.15, -0.1) is 22.7 Å². The largest absolute Gasteiger partial charge is 0.378 e. The summed E-state index contributed by atoms with van der Waals surface area (Å²) in [6.07, 6.45) is 0. The molecule has 1 aliphatic heterocycles. The van der Waals surface area contributed by atoms with E-state index in [2.05, 4.69) is 10.0 Å². The van der Waals surface area contributed by atoms with Gasteiger partial charge in [0.15, 0.2) is 0 Å². The molecule has 104 valence electrons. The lowest BCUT2D eigenvalue weighted by Gasteiger charge is -2.23. The smallest absolute Gasteiger partial charge is 0.250 e. The molecule has 3 rings (SSSR count). The first kappa shape index (κ1) is 13.5. The summed E-state index contributed by atoms with van der Waals surface area (Å²) in [4.78, 5) is 0. The molecule has 1 atom stereocenters. The number of sulfonamides is 1. The molecule has 2 aromatic heterocycles. The molecule has 1 saturated heterocycles. The van der Waals surface area contributed by atoms with Gasteiger partial charge in [-0.1, -0.05) is 0 Å². The number of rotatable bonds is 4. The summed E-state index contributed by atoms with van der Waals surface area (Å²) in [5.41, 5.74) is 0. The molecule has 1 aliphatic rings. The summed E-state index contributed by atoms with van der Waals surface area (Å²) in [7, 11) is -3.41. The second-order valence-electron chi connectivity index (χ2n) is 4.31. The van der Waals surface area contributed by atoms with Crippen molar-refractivity contribution in [1.29, 1.82) is 0 Å². The van der Waals surface area contributed by atoms with Crippen molar-refractivity contribution in [2.75, 3.05) is 26.3 Å². The maximum Gasteiger partial charge on any atom is 0.250 e. The zero-order valence-electron chi connectivity index (χ0n) is 10.1. The Morgan fingerprint density at radius 3 is 3.16 bits per heavy atom. The molecule has 0 aromatic carbocycles. The van der Waals surface area contributed by atoms with Gasteiger partial charge < -0.3 is 10.1 Å². The summed E-state index contributed by atoms with van der Waals surface area (Å²) in [6.45, 7) is 2.35. The van der Waals surface area contributed by atoms with Gasteiger partial charge in [0.05, 0.1) is 17.2 Å². The van der Waals surface area contributed by atoms with Gasteiger partial charge in [0.1, 0.15) is 4.21 Å². The molecule has 2 aromatic rings. The predicted molar refractivity (Wildman–Crippen MR) is 77.5 cm³/mol. The van der Waals surface area contributed by atoms with E-state index in [1.54, 1.807) is 17.4 Å². The fraction of sp³-hybridized carbons (Fsp3) is 0.455. The van der Waals surface area contributed by atoms with Crippen LogP contribution >= 0.6 is 22.7 Å². The van der Waals surface area contributed by atoms with E-state index in [0.29, 0.717) is 24.0 Å². The Morgan fingerprint density at radius 1 is 1.53 bits per heavy atom. The number of morpholine rings is 1. The van der Waals surface area contributed by atoms with Crippen molar-refractivity contribution in [1.82, 2.24) is 10.0 Å². The average Bonchev–Trinajstić information content (AvgIpc) is 2.99. The van der Waals surface area contributed by atoms with Gasteiger partial charge in [-0.25, -0.2) is 13.1 Å². The van der Waals surface area contributed by atoms with E-state index in [0.717, 1.165) is 15.9 Å². The minimum absolute atomic E-state index is 0.0459. The van der Waals surface area contributed by atoms with Crippen molar-refractivity contribution >= 4 is 42.1 Å². The molecule has 2 N–H and O–H groups in total. The van der Waals surface area contributed by atoms with E-state index >= 15 is 0 Å². The zero-order chi connectivity index (χ0) is 13.3. The fourth-order valence-electron chi connectivity index (χ4n) is 1.91. The zero-order valence-corrected chi connectivity index (χ0v) is 12.5. The van der Waals surface area contributed by atoms with Crippen molar-refractivity contribution < 1.29 is 13.2 Å². The molecule has 0 radical (unpaired) electrons. The quantitative estimate of drug-likeness (QED) is 0.890. The van der Waals surface area contributed by atoms with Crippen molar-refractivity contribution in [2.45, 2.75) is 10.3 Å². The van der Waals surface area contributed by atoms with Gasteiger partial charge in [0.2, 0.25) is 10.0 Å². The van der Waals surface area contributed by atoms with Crippen LogP contribution in [0, 0.1) is 0 Å². The molecule has 3 heterocycles. The van der Waals surface area contributed by atoms with E-state index in [1.807, 2.05) is 11.4 Å². The van der Waals surface area contributed by atoms with Gasteiger partial charge in [-0.05, 0) is 17.5 Å². The van der Waals surface area contributed by atoms with Gasteiger partial charge in [-0.2, -0.15) is 0 Å². The van der Waals surface area contributed by atoms with Crippen LogP contribution in [0.25, 0.3) is 9.40 Å². The van der Waals surface area contributed by atoms with Crippen LogP contribution in [-0.2, 0) is 14.8 Å². The molecule has 19 heavy (non-hydrogen) atoms. The van der Waals surface area contributed by atoms with E-state index < -0.39 is 10.0 Å². The third kappa shape index (κ3) is 2.99. The Hall–Kier alpha value is -0.510. The van der Waals surface area contributed by atoms with Crippen molar-refractivity contribution in [2.24, 2.45) is 0 Å². The molecule has 0 amide bonds. The second-order valence-corrected chi connectivity index (χ2v) is 8.53. The first-order valence-electron chi connectivity index (χ1n) is 5.93. The standard InChI is InChI=1S/C11H14N2O3S3/c14-19(15,13-6-9-7-16-3-2-12-9)10-5-8-1-4-17-11(8)18-10/h1,4-5,9,12-13H,2-3,6-7H2. The maximum atomic E-state index is 12.2. The van der Waals surface area contributed by atoms with Crippen LogP contribution in [0.5, 0.6) is 0 Å². The number of fused-ring (bicyclic) bond motifs is 1. The third-order valence-electron chi connectivity index (χ3n) is 2.91. The van der Waals surface area contributed by atoms with E-state index in [9.17, 15) is 8.42 Å². The molecule has 0 bridgehead atoms. The summed E-state index contributed by atoms with van der Waals surface area (Å²) < 4.78 is 33.7. The van der Waals surface area contributed by atoms with Crippen LogP contribution in [0.3, 0.4) is 0 Å². The van der Waals surface area contributed by atoms with Crippen LogP contribution in [0.15, 0.2) is 21.7 Å². The number of nitrogens with one attached hydrogen (secondary N) is 2. The van der Waals surface area contributed by atoms with Gasteiger partial charge in [0.25, 0.3) is 0 Å². The van der Waals surface area contributed by atoms with Crippen molar-refractivity contribution in [3.63, 3.8) is 0 Å². The highest BCUT2D eigenvalue weighted by molar-refractivity contribution is 7.92. The van der Waals surface area contributed by atoms with Crippen LogP contribution in [-0.4, -0.2) is 40.8 Å². The summed E-state index contributed by atoms with van der Waals surface area (Å²) in [6, 6.07) is 3.71. The van der Waals surface area contributed by atoms with Crippen LogP contribution in [0.1, 0.15) is 0 Å². The summed E-state index contributed by atoms with van der Waals surface area (Å²) in [5, 5.41) is 6.18. The fourth-order valence-corrected chi connectivity index (χ4v) is 5.62. The Bertz CT molecular complexity index is 627. The van der Waals surface area contributed by atoms with Crippen molar-refractivity contribution in [3.8, 4) is 0 Å². The SMILES string of the molecule is O=S(=O)(NCC1COCCN1)c1cc2ccsc2s1. The Labute approximate surface area is 119 Å². The van der Waals surface area contributed by atoms with E-state index in [4.69, 9.17) is 4.74 Å². The molecule has 0 saturated carbocycles. The Balaban J connectivity index is 1.69. The van der Waals surface area contributed by atoms with Gasteiger partial charge in [0, 0.05) is 24.5 Å². The number of hydrogen-bond donors (Lipinski definition) is 2. The minimum Gasteiger partial charge on any atom is -0.378 e. The maximum absolute atomic E-state index is 12.2. The van der Waals surface area contributed by atoms with E-state index in [1.165, 1.54) is 11.3 Å². The molecule has 0 spiro atoms. The highest BCUT2D eigenvalue weighted by Gasteiger charge is 2.20. The summed E-state index contributed by atoms with van der Waals surface area (Å²) in [5.74, 6) is 0. The number of thiophene rings is 2. The molecule has 0 aliphatic carbocycles. The van der Waals surface area contributed by atoms with Crippen LogP contribution < -0.4 is 10.0 Å². The van der Waals surface area contributed by atoms with Gasteiger partial charge >= 0.3 is 0 Å². The topological polar surface area (TPSA) is 67.4 Å². The lowest BCUT2D eigenvalue weighted by Crippen LogP contribution is -2.48. The number of ether oxygens (including phenoxy) is 1. The lowest BCUT2D eigenvalue weighted by atomic mass is 10.3. The molecule has 5 nitrogen and oxygen atoms in total. The first-order valence-corrected chi connectivity index (χ1v) is 9.11. The Kier molecular flexibility index (Phi) is 3.88. The van der Waals surface area contributed by atoms with Gasteiger partial charge in [-0.3, -0.25) is 0 Å². The van der Waals surface area contributed by atoms with Crippen LogP contribution in [0.4, 0.5) is 0 Å². The first-order chi connectivity index (χ1) is 9.15. The molecule has 1 fully saturated rings. The van der Waals surface area contributed by atoms with Crippen LogP contribution in [0.2, 0.25) is 0 Å². The molecule has 8 heteroatoms. The highest BCUT2D eigenvalue weighted by Crippen LogP contribution is 2.32.